The molecule has 0 fully saturated rings. The maximum absolute atomic E-state index is 12.9. The number of nitrogens with one attached hydrogen (secondary N) is 1. The highest BCUT2D eigenvalue weighted by molar-refractivity contribution is 7.99. The zero-order chi connectivity index (χ0) is 25.3. The Morgan fingerprint density at radius 3 is 2.80 bits per heavy atom. The summed E-state index contributed by atoms with van der Waals surface area (Å²) in [5, 5.41) is 9.28. The first-order chi connectivity index (χ1) is 16.6. The van der Waals surface area contributed by atoms with Gasteiger partial charge in [0.2, 0.25) is 15.9 Å². The normalized spacial score (nSPS) is 15.8. The molecule has 188 valence electrons. The Bertz CT molecular complexity index is 1390. The number of rotatable bonds is 9. The van der Waals surface area contributed by atoms with Crippen LogP contribution in [-0.4, -0.2) is 35.5 Å². The number of sulfonamides is 1. The second kappa shape index (κ2) is 10.3. The number of anilines is 1. The monoisotopic (exact) mass is 535 g/mol. The van der Waals surface area contributed by atoms with Crippen molar-refractivity contribution in [3.63, 3.8) is 0 Å². The van der Waals surface area contributed by atoms with E-state index in [0.29, 0.717) is 33.7 Å². The molecule has 0 aliphatic heterocycles. The maximum Gasteiger partial charge on any atom is 0.251 e. The standard InChI is InChI=1S/C23H29N5O4S3/c1-3-4-9-28-17-8-6-14(35(25,31)32)11-16(17)26-23(28)33-12-19(29)27-22-20(21(24)30)15-7-5-13(2)10-18(15)34-22/h6,8,11,13H,3-5,7,9-10,12H2,1-2H3,(H2,24,30)(H,27,29)(H2,25,31,32). The number of imidazole rings is 1. The van der Waals surface area contributed by atoms with Gasteiger partial charge in [0.05, 0.1) is 27.2 Å². The third-order valence-electron chi connectivity index (χ3n) is 6.09. The van der Waals surface area contributed by atoms with Crippen molar-refractivity contribution in [3.8, 4) is 0 Å². The molecule has 1 aliphatic rings. The van der Waals surface area contributed by atoms with E-state index in [2.05, 4.69) is 24.1 Å². The topological polar surface area (TPSA) is 150 Å². The third-order valence-corrected chi connectivity index (χ3v) is 9.15. The number of benzene rings is 1. The summed E-state index contributed by atoms with van der Waals surface area (Å²) >= 11 is 2.70. The SMILES string of the molecule is CCCCn1c(SCC(=O)Nc2sc3c(c2C(N)=O)CCC(C)C3)nc2cc(S(N)(=O)=O)ccc21. The van der Waals surface area contributed by atoms with Crippen LogP contribution in [0, 0.1) is 5.92 Å². The van der Waals surface area contributed by atoms with Crippen molar-refractivity contribution in [1.29, 1.82) is 0 Å². The Labute approximate surface area is 212 Å². The van der Waals surface area contributed by atoms with Gasteiger partial charge in [0.1, 0.15) is 5.00 Å². The van der Waals surface area contributed by atoms with Gasteiger partial charge in [-0.2, -0.15) is 0 Å². The minimum absolute atomic E-state index is 0.00519. The molecule has 12 heteroatoms. The molecule has 1 aromatic carbocycles. The van der Waals surface area contributed by atoms with E-state index in [4.69, 9.17) is 10.9 Å². The summed E-state index contributed by atoms with van der Waals surface area (Å²) in [4.78, 5) is 30.7. The number of nitrogens with two attached hydrogens (primary N) is 2. The van der Waals surface area contributed by atoms with E-state index in [1.54, 1.807) is 6.07 Å². The number of carbonyl (C=O) groups excluding carboxylic acids is 2. The summed E-state index contributed by atoms with van der Waals surface area (Å²) in [7, 11) is -3.85. The van der Waals surface area contributed by atoms with E-state index in [0.717, 1.165) is 48.1 Å². The maximum atomic E-state index is 12.9. The Hall–Kier alpha value is -2.41. The number of nitrogens with zero attached hydrogens (tertiary/aromatic N) is 2. The molecule has 35 heavy (non-hydrogen) atoms. The van der Waals surface area contributed by atoms with Crippen molar-refractivity contribution in [3.05, 3.63) is 34.2 Å². The first kappa shape index (κ1) is 25.7. The predicted octanol–water partition coefficient (Wildman–Crippen LogP) is 3.50. The van der Waals surface area contributed by atoms with Crippen LogP contribution in [0.4, 0.5) is 5.00 Å². The van der Waals surface area contributed by atoms with E-state index in [1.807, 2.05) is 4.57 Å². The first-order valence-electron chi connectivity index (χ1n) is 11.5. The Kier molecular flexibility index (Phi) is 7.55. The van der Waals surface area contributed by atoms with Crippen LogP contribution in [0.25, 0.3) is 11.0 Å². The minimum atomic E-state index is -3.85. The fraction of sp³-hybridized carbons (Fsp3) is 0.435. The van der Waals surface area contributed by atoms with E-state index < -0.39 is 15.9 Å². The number of hydrogen-bond donors (Lipinski definition) is 3. The lowest BCUT2D eigenvalue weighted by molar-refractivity contribution is -0.113. The number of primary sulfonamides is 1. The fourth-order valence-electron chi connectivity index (χ4n) is 4.30. The van der Waals surface area contributed by atoms with Crippen LogP contribution in [0.15, 0.2) is 28.3 Å². The largest absolute Gasteiger partial charge is 0.365 e. The summed E-state index contributed by atoms with van der Waals surface area (Å²) in [5.74, 6) is -0.170. The summed E-state index contributed by atoms with van der Waals surface area (Å²) in [6.07, 6.45) is 4.54. The average Bonchev–Trinajstić information content (AvgIpc) is 3.31. The molecule has 2 heterocycles. The first-order valence-corrected chi connectivity index (χ1v) is 14.8. The van der Waals surface area contributed by atoms with Gasteiger partial charge in [0.25, 0.3) is 5.91 Å². The number of aryl methyl sites for hydroxylation is 1. The van der Waals surface area contributed by atoms with Crippen molar-refractivity contribution in [2.75, 3.05) is 11.1 Å². The lowest BCUT2D eigenvalue weighted by atomic mass is 9.88. The Morgan fingerprint density at radius 1 is 1.34 bits per heavy atom. The number of carbonyl (C=O) groups is 2. The molecule has 4 rings (SSSR count). The van der Waals surface area contributed by atoms with Crippen LogP contribution in [0.3, 0.4) is 0 Å². The van der Waals surface area contributed by atoms with E-state index in [9.17, 15) is 18.0 Å². The van der Waals surface area contributed by atoms with Gasteiger partial charge in [-0.05, 0) is 55.4 Å². The van der Waals surface area contributed by atoms with Crippen molar-refractivity contribution < 1.29 is 18.0 Å². The Balaban J connectivity index is 1.55. The molecule has 1 aliphatic carbocycles. The number of primary amides is 1. The van der Waals surface area contributed by atoms with Gasteiger partial charge in [-0.1, -0.05) is 32.0 Å². The second-order valence-corrected chi connectivity index (χ2v) is 12.5. The van der Waals surface area contributed by atoms with Crippen LogP contribution < -0.4 is 16.2 Å². The smallest absolute Gasteiger partial charge is 0.251 e. The van der Waals surface area contributed by atoms with Crippen LogP contribution >= 0.6 is 23.1 Å². The van der Waals surface area contributed by atoms with Gasteiger partial charge in [-0.25, -0.2) is 18.5 Å². The average molecular weight is 536 g/mol. The molecule has 3 aromatic rings. The van der Waals surface area contributed by atoms with Gasteiger partial charge >= 0.3 is 0 Å². The summed E-state index contributed by atoms with van der Waals surface area (Å²) < 4.78 is 25.5. The van der Waals surface area contributed by atoms with Gasteiger partial charge in [-0.15, -0.1) is 11.3 Å². The van der Waals surface area contributed by atoms with Crippen LogP contribution in [0.1, 0.15) is 53.9 Å². The highest BCUT2D eigenvalue weighted by Gasteiger charge is 2.27. The molecule has 1 unspecified atom stereocenters. The Morgan fingerprint density at radius 2 is 2.11 bits per heavy atom. The lowest BCUT2D eigenvalue weighted by Gasteiger charge is -2.18. The molecular weight excluding hydrogens is 506 g/mol. The molecule has 0 saturated heterocycles. The molecule has 5 N–H and O–H groups in total. The number of thiophene rings is 1. The van der Waals surface area contributed by atoms with E-state index in [-0.39, 0.29) is 16.6 Å². The molecule has 0 saturated carbocycles. The lowest BCUT2D eigenvalue weighted by Crippen LogP contribution is -2.20. The third kappa shape index (κ3) is 5.55. The molecular formula is C23H29N5O4S3. The number of aromatic nitrogens is 2. The van der Waals surface area contributed by atoms with E-state index >= 15 is 0 Å². The summed E-state index contributed by atoms with van der Waals surface area (Å²) in [6, 6.07) is 4.61. The van der Waals surface area contributed by atoms with Crippen molar-refractivity contribution in [2.24, 2.45) is 16.8 Å². The van der Waals surface area contributed by atoms with Gasteiger partial charge < -0.3 is 15.6 Å². The minimum Gasteiger partial charge on any atom is -0.365 e. The number of hydrogen-bond acceptors (Lipinski definition) is 7. The van der Waals surface area contributed by atoms with Gasteiger partial charge in [-0.3, -0.25) is 9.59 Å². The molecule has 0 radical (unpaired) electrons. The number of fused-ring (bicyclic) bond motifs is 2. The molecule has 1 atom stereocenters. The summed E-state index contributed by atoms with van der Waals surface area (Å²) in [5.41, 5.74) is 8.34. The van der Waals surface area contributed by atoms with Crippen LogP contribution in [0.5, 0.6) is 0 Å². The summed E-state index contributed by atoms with van der Waals surface area (Å²) in [6.45, 7) is 4.95. The number of unbranched alkanes of at least 4 members (excludes halogenated alkanes) is 1. The van der Waals surface area contributed by atoms with E-state index in [1.165, 1.54) is 35.2 Å². The van der Waals surface area contributed by atoms with Crippen molar-refractivity contribution >= 4 is 61.0 Å². The van der Waals surface area contributed by atoms with Crippen molar-refractivity contribution in [1.82, 2.24) is 9.55 Å². The number of amides is 2. The number of thioether (sulfide) groups is 1. The predicted molar refractivity (Wildman–Crippen MR) is 139 cm³/mol. The zero-order valence-corrected chi connectivity index (χ0v) is 22.1. The van der Waals surface area contributed by atoms with Crippen LogP contribution in [0.2, 0.25) is 0 Å². The highest BCUT2D eigenvalue weighted by atomic mass is 32.2. The second-order valence-electron chi connectivity index (χ2n) is 8.85. The van der Waals surface area contributed by atoms with Gasteiger partial charge in [0.15, 0.2) is 5.16 Å². The quantitative estimate of drug-likeness (QED) is 0.357. The molecule has 9 nitrogen and oxygen atoms in total. The molecule has 2 amide bonds. The van der Waals surface area contributed by atoms with Crippen LogP contribution in [-0.2, 0) is 34.2 Å². The molecule has 0 spiro atoms. The van der Waals surface area contributed by atoms with Gasteiger partial charge in [0, 0.05) is 11.4 Å². The zero-order valence-electron chi connectivity index (χ0n) is 19.7. The molecule has 0 bridgehead atoms. The van der Waals surface area contributed by atoms with Crippen molar-refractivity contribution in [2.45, 2.75) is 62.5 Å². The molecule has 2 aromatic heterocycles. The fourth-order valence-corrected chi connectivity index (χ4v) is 7.11. The highest BCUT2D eigenvalue weighted by Crippen LogP contribution is 2.39.